The zero-order valence-corrected chi connectivity index (χ0v) is 9.15. The molecule has 1 saturated heterocycles. The van der Waals surface area contributed by atoms with E-state index in [0.29, 0.717) is 12.1 Å². The van der Waals surface area contributed by atoms with Crippen molar-refractivity contribution in [3.8, 4) is 0 Å². The molecule has 1 rings (SSSR count). The molecule has 3 N–H and O–H groups in total. The van der Waals surface area contributed by atoms with Crippen molar-refractivity contribution in [3.05, 3.63) is 0 Å². The summed E-state index contributed by atoms with van der Waals surface area (Å²) in [5, 5.41) is 8.80. The number of nitrogens with zero attached hydrogens (tertiary/aromatic N) is 1. The number of aliphatic hydroxyl groups is 1. The summed E-state index contributed by atoms with van der Waals surface area (Å²) in [5.41, 5.74) is 5.65. The van der Waals surface area contributed by atoms with Crippen molar-refractivity contribution in [2.75, 3.05) is 26.8 Å². The molecular formula is C10H22N2O2. The first-order valence-electron chi connectivity index (χ1n) is 5.33. The van der Waals surface area contributed by atoms with Gasteiger partial charge in [-0.1, -0.05) is 0 Å². The second-order valence-corrected chi connectivity index (χ2v) is 4.14. The van der Waals surface area contributed by atoms with Crippen LogP contribution in [0.3, 0.4) is 0 Å². The number of rotatable bonds is 5. The van der Waals surface area contributed by atoms with Gasteiger partial charge in [-0.15, -0.1) is 0 Å². The van der Waals surface area contributed by atoms with E-state index >= 15 is 0 Å². The van der Waals surface area contributed by atoms with Gasteiger partial charge in [0.15, 0.2) is 0 Å². The third kappa shape index (κ3) is 3.20. The monoisotopic (exact) mass is 202 g/mol. The Kier molecular flexibility index (Phi) is 4.81. The van der Waals surface area contributed by atoms with Crippen LogP contribution in [-0.2, 0) is 4.74 Å². The summed E-state index contributed by atoms with van der Waals surface area (Å²) < 4.78 is 5.50. The molecule has 0 spiro atoms. The fourth-order valence-corrected chi connectivity index (χ4v) is 1.93. The first kappa shape index (κ1) is 11.9. The van der Waals surface area contributed by atoms with Crippen molar-refractivity contribution in [1.82, 2.24) is 4.90 Å². The number of aliphatic hydroxyl groups excluding tert-OH is 1. The lowest BCUT2D eigenvalue weighted by molar-refractivity contribution is 0.0819. The van der Waals surface area contributed by atoms with Gasteiger partial charge in [0, 0.05) is 18.7 Å². The van der Waals surface area contributed by atoms with Crippen LogP contribution in [0, 0.1) is 0 Å². The Labute approximate surface area is 86.0 Å². The number of hydrogen-bond donors (Lipinski definition) is 2. The topological polar surface area (TPSA) is 58.7 Å². The first-order chi connectivity index (χ1) is 6.65. The van der Waals surface area contributed by atoms with Gasteiger partial charge in [0.2, 0.25) is 0 Å². The molecule has 0 aromatic carbocycles. The average molecular weight is 202 g/mol. The van der Waals surface area contributed by atoms with Crippen LogP contribution in [0.15, 0.2) is 0 Å². The maximum absolute atomic E-state index is 8.80. The van der Waals surface area contributed by atoms with Crippen LogP contribution in [-0.4, -0.2) is 55.0 Å². The SMILES string of the molecule is CC1OCCC1N(C)CCC(N)CO. The van der Waals surface area contributed by atoms with E-state index in [0.717, 1.165) is 26.0 Å². The zero-order valence-electron chi connectivity index (χ0n) is 9.15. The van der Waals surface area contributed by atoms with Crippen molar-refractivity contribution in [3.63, 3.8) is 0 Å². The minimum Gasteiger partial charge on any atom is -0.395 e. The van der Waals surface area contributed by atoms with E-state index < -0.39 is 0 Å². The van der Waals surface area contributed by atoms with Gasteiger partial charge in [-0.25, -0.2) is 0 Å². The van der Waals surface area contributed by atoms with E-state index in [1.54, 1.807) is 0 Å². The molecule has 0 bridgehead atoms. The summed E-state index contributed by atoms with van der Waals surface area (Å²) in [6.45, 7) is 3.98. The van der Waals surface area contributed by atoms with E-state index in [1.807, 2.05) is 0 Å². The van der Waals surface area contributed by atoms with E-state index in [2.05, 4.69) is 18.9 Å². The molecule has 0 amide bonds. The normalized spacial score (nSPS) is 29.8. The minimum atomic E-state index is -0.0879. The molecule has 4 nitrogen and oxygen atoms in total. The van der Waals surface area contributed by atoms with Crippen molar-refractivity contribution in [1.29, 1.82) is 0 Å². The molecule has 0 aromatic heterocycles. The Balaban J connectivity index is 2.23. The van der Waals surface area contributed by atoms with Gasteiger partial charge in [-0.2, -0.15) is 0 Å². The molecule has 1 aliphatic heterocycles. The Morgan fingerprint density at radius 3 is 2.86 bits per heavy atom. The fourth-order valence-electron chi connectivity index (χ4n) is 1.93. The van der Waals surface area contributed by atoms with Gasteiger partial charge in [0.05, 0.1) is 12.7 Å². The highest BCUT2D eigenvalue weighted by Gasteiger charge is 2.27. The van der Waals surface area contributed by atoms with Gasteiger partial charge < -0.3 is 20.5 Å². The highest BCUT2D eigenvalue weighted by Crippen LogP contribution is 2.18. The molecule has 0 saturated carbocycles. The van der Waals surface area contributed by atoms with E-state index in [4.69, 9.17) is 15.6 Å². The lowest BCUT2D eigenvalue weighted by atomic mass is 10.1. The molecule has 3 unspecified atom stereocenters. The molecule has 1 aliphatic rings. The van der Waals surface area contributed by atoms with Crippen LogP contribution in [0.1, 0.15) is 19.8 Å². The van der Waals surface area contributed by atoms with E-state index in [-0.39, 0.29) is 12.6 Å². The number of likely N-dealkylation sites (N-methyl/N-ethyl adjacent to an activating group) is 1. The number of ether oxygens (including phenoxy) is 1. The van der Waals surface area contributed by atoms with Crippen LogP contribution < -0.4 is 5.73 Å². The molecule has 0 aromatic rings. The van der Waals surface area contributed by atoms with Crippen molar-refractivity contribution >= 4 is 0 Å². The standard InChI is InChI=1S/C10H22N2O2/c1-8-10(4-6-14-8)12(2)5-3-9(11)7-13/h8-10,13H,3-7,11H2,1-2H3. The summed E-state index contributed by atoms with van der Waals surface area (Å²) >= 11 is 0. The highest BCUT2D eigenvalue weighted by atomic mass is 16.5. The van der Waals surface area contributed by atoms with Crippen molar-refractivity contribution < 1.29 is 9.84 Å². The summed E-state index contributed by atoms with van der Waals surface area (Å²) in [4.78, 5) is 2.28. The number of hydrogen-bond acceptors (Lipinski definition) is 4. The van der Waals surface area contributed by atoms with E-state index in [1.165, 1.54) is 0 Å². The lowest BCUT2D eigenvalue weighted by Gasteiger charge is -2.27. The smallest absolute Gasteiger partial charge is 0.0702 e. The van der Waals surface area contributed by atoms with Gasteiger partial charge in [-0.3, -0.25) is 0 Å². The summed E-state index contributed by atoms with van der Waals surface area (Å²) in [7, 11) is 2.10. The quantitative estimate of drug-likeness (QED) is 0.648. The van der Waals surface area contributed by atoms with Crippen LogP contribution >= 0.6 is 0 Å². The Morgan fingerprint density at radius 1 is 1.64 bits per heavy atom. The average Bonchev–Trinajstić information content (AvgIpc) is 2.60. The highest BCUT2D eigenvalue weighted by molar-refractivity contribution is 4.80. The molecule has 3 atom stereocenters. The summed E-state index contributed by atoms with van der Waals surface area (Å²) in [5.74, 6) is 0. The molecule has 0 radical (unpaired) electrons. The van der Waals surface area contributed by atoms with Gasteiger partial charge in [-0.05, 0) is 33.4 Å². The summed E-state index contributed by atoms with van der Waals surface area (Å²) in [6.07, 6.45) is 2.27. The Morgan fingerprint density at radius 2 is 2.36 bits per heavy atom. The largest absolute Gasteiger partial charge is 0.395 e. The molecule has 1 fully saturated rings. The summed E-state index contributed by atoms with van der Waals surface area (Å²) in [6, 6.07) is 0.427. The first-order valence-corrected chi connectivity index (χ1v) is 5.33. The molecule has 1 heterocycles. The van der Waals surface area contributed by atoms with Crippen LogP contribution in [0.2, 0.25) is 0 Å². The fraction of sp³-hybridized carbons (Fsp3) is 1.00. The molecule has 0 aliphatic carbocycles. The van der Waals surface area contributed by atoms with Crippen molar-refractivity contribution in [2.24, 2.45) is 5.73 Å². The third-order valence-corrected chi connectivity index (χ3v) is 2.99. The minimum absolute atomic E-state index is 0.0740. The number of nitrogens with two attached hydrogens (primary N) is 1. The van der Waals surface area contributed by atoms with Crippen LogP contribution in [0.25, 0.3) is 0 Å². The predicted octanol–water partition coefficient (Wildman–Crippen LogP) is -0.195. The van der Waals surface area contributed by atoms with Gasteiger partial charge >= 0.3 is 0 Å². The Bertz CT molecular complexity index is 166. The Hall–Kier alpha value is -0.160. The zero-order chi connectivity index (χ0) is 10.6. The molecule has 14 heavy (non-hydrogen) atoms. The van der Waals surface area contributed by atoms with E-state index in [9.17, 15) is 0 Å². The lowest BCUT2D eigenvalue weighted by Crippen LogP contribution is -2.39. The van der Waals surface area contributed by atoms with Crippen molar-refractivity contribution in [2.45, 2.75) is 38.0 Å². The second-order valence-electron chi connectivity index (χ2n) is 4.14. The maximum Gasteiger partial charge on any atom is 0.0702 e. The molecule has 4 heteroatoms. The van der Waals surface area contributed by atoms with Crippen LogP contribution in [0.5, 0.6) is 0 Å². The second kappa shape index (κ2) is 5.66. The van der Waals surface area contributed by atoms with Crippen LogP contribution in [0.4, 0.5) is 0 Å². The predicted molar refractivity (Wildman–Crippen MR) is 56.1 cm³/mol. The maximum atomic E-state index is 8.80. The molecule has 84 valence electrons. The third-order valence-electron chi connectivity index (χ3n) is 2.99. The van der Waals surface area contributed by atoms with Gasteiger partial charge in [0.25, 0.3) is 0 Å². The molecular weight excluding hydrogens is 180 g/mol. The van der Waals surface area contributed by atoms with Gasteiger partial charge in [0.1, 0.15) is 0 Å².